The number of ether oxygens (including phenoxy) is 1. The van der Waals surface area contributed by atoms with E-state index in [0.717, 1.165) is 35.6 Å². The van der Waals surface area contributed by atoms with Crippen molar-refractivity contribution in [3.63, 3.8) is 0 Å². The zero-order valence-electron chi connectivity index (χ0n) is 17.4. The third kappa shape index (κ3) is 5.41. The van der Waals surface area contributed by atoms with Crippen molar-refractivity contribution in [2.75, 3.05) is 26.0 Å². The number of nitrogens with one attached hydrogen (secondary N) is 2. The van der Waals surface area contributed by atoms with E-state index in [0.29, 0.717) is 25.7 Å². The molecule has 0 spiro atoms. The number of benzene rings is 1. The number of nitrogens with zero attached hydrogens (tertiary/aromatic N) is 2. The fourth-order valence-electron chi connectivity index (χ4n) is 3.32. The molecule has 170 valence electrons. The Balaban J connectivity index is 0.00000289. The molecule has 0 unspecified atom stereocenters. The minimum absolute atomic E-state index is 0. The summed E-state index contributed by atoms with van der Waals surface area (Å²) in [7, 11) is 3.60. The summed E-state index contributed by atoms with van der Waals surface area (Å²) in [5, 5.41) is 6.23. The average molecular weight is 513 g/mol. The molecular weight excluding hydrogens is 491 g/mol. The van der Waals surface area contributed by atoms with E-state index >= 15 is 0 Å². The maximum Gasteiger partial charge on any atom is 0.284 e. The zero-order chi connectivity index (χ0) is 22.0. The van der Waals surface area contributed by atoms with Crippen LogP contribution in [0.2, 0.25) is 4.34 Å². The maximum absolute atomic E-state index is 13.0. The van der Waals surface area contributed by atoms with Gasteiger partial charge in [0, 0.05) is 30.9 Å². The number of thiophene rings is 1. The van der Waals surface area contributed by atoms with Crippen LogP contribution < -0.4 is 15.4 Å². The van der Waals surface area contributed by atoms with Gasteiger partial charge in [0.1, 0.15) is 5.75 Å². The highest BCUT2D eigenvalue weighted by atomic mass is 35.5. The SMILES string of the molecule is COc1cccc(CNC(=O)c2ccc(Cl)s2)c1NC(=O)c1nc2c(s1)CN(C)CC2.Cl. The Morgan fingerprint density at radius 1 is 1.22 bits per heavy atom. The Hall–Kier alpha value is -2.17. The van der Waals surface area contributed by atoms with Gasteiger partial charge >= 0.3 is 0 Å². The lowest BCUT2D eigenvalue weighted by atomic mass is 10.1. The van der Waals surface area contributed by atoms with E-state index in [2.05, 4.69) is 27.6 Å². The molecule has 0 atom stereocenters. The first-order valence-corrected chi connectivity index (χ1v) is 11.6. The van der Waals surface area contributed by atoms with E-state index < -0.39 is 0 Å². The van der Waals surface area contributed by atoms with Gasteiger partial charge in [0.25, 0.3) is 11.8 Å². The quantitative estimate of drug-likeness (QED) is 0.509. The third-order valence-electron chi connectivity index (χ3n) is 4.92. The van der Waals surface area contributed by atoms with E-state index in [-0.39, 0.29) is 30.8 Å². The molecule has 3 aromatic rings. The van der Waals surface area contributed by atoms with E-state index in [1.54, 1.807) is 25.3 Å². The van der Waals surface area contributed by atoms with Crippen molar-refractivity contribution in [2.45, 2.75) is 19.5 Å². The summed E-state index contributed by atoms with van der Waals surface area (Å²) in [6.45, 7) is 1.96. The molecule has 32 heavy (non-hydrogen) atoms. The van der Waals surface area contributed by atoms with Crippen LogP contribution in [-0.4, -0.2) is 42.4 Å². The lowest BCUT2D eigenvalue weighted by molar-refractivity contribution is 0.0954. The molecule has 0 fully saturated rings. The van der Waals surface area contributed by atoms with Gasteiger partial charge < -0.3 is 20.3 Å². The molecule has 1 aromatic carbocycles. The van der Waals surface area contributed by atoms with E-state index in [4.69, 9.17) is 16.3 Å². The Morgan fingerprint density at radius 2 is 2.03 bits per heavy atom. The number of carbonyl (C=O) groups is 2. The fraction of sp³-hybridized carbons (Fsp3) is 0.286. The number of fused-ring (bicyclic) bond motifs is 1. The predicted octanol–water partition coefficient (Wildman–Crippen LogP) is 4.46. The minimum atomic E-state index is -0.288. The summed E-state index contributed by atoms with van der Waals surface area (Å²) < 4.78 is 6.00. The molecule has 0 bridgehead atoms. The van der Waals surface area contributed by atoms with Gasteiger partial charge in [-0.25, -0.2) is 4.98 Å². The molecule has 11 heteroatoms. The van der Waals surface area contributed by atoms with Crippen LogP contribution in [0.25, 0.3) is 0 Å². The van der Waals surface area contributed by atoms with Crippen molar-refractivity contribution < 1.29 is 14.3 Å². The first-order valence-electron chi connectivity index (χ1n) is 9.62. The number of methoxy groups -OCH3 is 1. The van der Waals surface area contributed by atoms with Gasteiger partial charge in [-0.3, -0.25) is 9.59 Å². The number of amides is 2. The molecule has 0 radical (unpaired) electrons. The molecular formula is C21H22Cl2N4O3S2. The van der Waals surface area contributed by atoms with Crippen molar-refractivity contribution >= 4 is 64.2 Å². The Kier molecular flexibility index (Phi) is 8.13. The Labute approximate surface area is 205 Å². The van der Waals surface area contributed by atoms with Crippen molar-refractivity contribution in [1.82, 2.24) is 15.2 Å². The molecule has 2 aromatic heterocycles. The van der Waals surface area contributed by atoms with Crippen LogP contribution in [0.5, 0.6) is 5.75 Å². The number of carbonyl (C=O) groups excluding carboxylic acids is 2. The first kappa shape index (κ1) is 24.5. The van der Waals surface area contributed by atoms with Crippen molar-refractivity contribution in [1.29, 1.82) is 0 Å². The second kappa shape index (κ2) is 10.6. The molecule has 0 saturated heterocycles. The van der Waals surface area contributed by atoms with Gasteiger partial charge in [0.2, 0.25) is 0 Å². The highest BCUT2D eigenvalue weighted by Gasteiger charge is 2.23. The van der Waals surface area contributed by atoms with Crippen LogP contribution in [0.15, 0.2) is 30.3 Å². The molecule has 7 nitrogen and oxygen atoms in total. The largest absolute Gasteiger partial charge is 0.495 e. The summed E-state index contributed by atoms with van der Waals surface area (Å²) >= 11 is 8.54. The van der Waals surface area contributed by atoms with Crippen molar-refractivity contribution in [2.24, 2.45) is 0 Å². The summed E-state index contributed by atoms with van der Waals surface area (Å²) in [5.41, 5.74) is 2.24. The van der Waals surface area contributed by atoms with Crippen LogP contribution in [0, 0.1) is 0 Å². The van der Waals surface area contributed by atoms with Gasteiger partial charge in [-0.2, -0.15) is 0 Å². The number of aromatic nitrogens is 1. The van der Waals surface area contributed by atoms with E-state index in [9.17, 15) is 9.59 Å². The second-order valence-electron chi connectivity index (χ2n) is 7.11. The van der Waals surface area contributed by atoms with Crippen molar-refractivity contribution in [3.8, 4) is 5.75 Å². The molecule has 0 aliphatic carbocycles. The topological polar surface area (TPSA) is 83.6 Å². The fourth-order valence-corrected chi connectivity index (χ4v) is 5.36. The van der Waals surface area contributed by atoms with Gasteiger partial charge in [0.15, 0.2) is 5.01 Å². The standard InChI is InChI=1S/C21H21ClN4O3S2.ClH/c1-26-9-8-13-16(11-26)31-21(24-13)20(28)25-18-12(4-3-5-14(18)29-2)10-23-19(27)15-6-7-17(22)30-15;/h3-7H,8-11H2,1-2H3,(H,23,27)(H,25,28);1H. The van der Waals surface area contributed by atoms with E-state index in [1.807, 2.05) is 12.1 Å². The molecule has 1 aliphatic heterocycles. The number of thiazole rings is 1. The van der Waals surface area contributed by atoms with Crippen molar-refractivity contribution in [3.05, 3.63) is 60.7 Å². The maximum atomic E-state index is 13.0. The first-order chi connectivity index (χ1) is 14.9. The summed E-state index contributed by atoms with van der Waals surface area (Å²) in [5.74, 6) is -0.00166. The summed E-state index contributed by atoms with van der Waals surface area (Å²) in [6, 6.07) is 8.78. The normalized spacial score (nSPS) is 13.1. The number of rotatable bonds is 6. The third-order valence-corrected chi connectivity index (χ3v) is 7.23. The van der Waals surface area contributed by atoms with Gasteiger partial charge in [0.05, 0.1) is 27.7 Å². The highest BCUT2D eigenvalue weighted by molar-refractivity contribution is 7.18. The second-order valence-corrected chi connectivity index (χ2v) is 9.91. The van der Waals surface area contributed by atoms with Crippen LogP contribution >= 0.6 is 46.7 Å². The monoisotopic (exact) mass is 512 g/mol. The molecule has 1 aliphatic rings. The number of para-hydroxylation sites is 1. The number of hydrogen-bond acceptors (Lipinski definition) is 7. The number of likely N-dealkylation sites (N-methyl/N-ethyl adjacent to an activating group) is 1. The van der Waals surface area contributed by atoms with E-state index in [1.165, 1.54) is 22.7 Å². The van der Waals surface area contributed by atoms with Crippen LogP contribution in [0.4, 0.5) is 5.69 Å². The molecule has 4 rings (SSSR count). The number of halogens is 2. The summed E-state index contributed by atoms with van der Waals surface area (Å²) in [6.07, 6.45) is 0.842. The van der Waals surface area contributed by atoms with Crippen LogP contribution in [0.1, 0.15) is 35.6 Å². The molecule has 2 amide bonds. The zero-order valence-corrected chi connectivity index (χ0v) is 20.6. The Bertz CT molecular complexity index is 1130. The lowest BCUT2D eigenvalue weighted by Crippen LogP contribution is -2.25. The average Bonchev–Trinajstić information content (AvgIpc) is 3.38. The smallest absolute Gasteiger partial charge is 0.284 e. The van der Waals surface area contributed by atoms with Crippen LogP contribution in [-0.2, 0) is 19.5 Å². The summed E-state index contributed by atoms with van der Waals surface area (Å²) in [4.78, 5) is 33.8. The van der Waals surface area contributed by atoms with Gasteiger partial charge in [-0.1, -0.05) is 23.7 Å². The number of hydrogen-bond donors (Lipinski definition) is 2. The van der Waals surface area contributed by atoms with Crippen LogP contribution in [0.3, 0.4) is 0 Å². The Morgan fingerprint density at radius 3 is 2.75 bits per heavy atom. The predicted molar refractivity (Wildman–Crippen MR) is 131 cm³/mol. The van der Waals surface area contributed by atoms with Gasteiger partial charge in [-0.15, -0.1) is 35.1 Å². The molecule has 3 heterocycles. The molecule has 0 saturated carbocycles. The lowest BCUT2D eigenvalue weighted by Gasteiger charge is -2.20. The van der Waals surface area contributed by atoms with Gasteiger partial charge in [-0.05, 0) is 30.8 Å². The minimum Gasteiger partial charge on any atom is -0.495 e. The number of anilines is 1. The molecule has 2 N–H and O–H groups in total. The highest BCUT2D eigenvalue weighted by Crippen LogP contribution is 2.31.